The van der Waals surface area contributed by atoms with Crippen LogP contribution in [0, 0.1) is 0 Å². The van der Waals surface area contributed by atoms with Crippen LogP contribution in [-0.2, 0) is 4.79 Å². The summed E-state index contributed by atoms with van der Waals surface area (Å²) in [4.78, 5) is 10.7. The zero-order chi connectivity index (χ0) is 14.2. The summed E-state index contributed by atoms with van der Waals surface area (Å²) in [5.74, 6) is 0.166. The molecular formula is C18H34O. The molecule has 0 N–H and O–H groups in total. The van der Waals surface area contributed by atoms with E-state index in [4.69, 9.17) is 0 Å². The van der Waals surface area contributed by atoms with Gasteiger partial charge in [-0.05, 0) is 25.8 Å². The molecule has 0 unspecified atom stereocenters. The molecule has 0 aliphatic rings. The molecule has 1 nitrogen and oxygen atoms in total. The van der Waals surface area contributed by atoms with Crippen LogP contribution in [0.25, 0.3) is 0 Å². The van der Waals surface area contributed by atoms with E-state index in [-0.39, 0.29) is 5.78 Å². The van der Waals surface area contributed by atoms with Gasteiger partial charge in [0.15, 0.2) is 5.78 Å². The number of unbranched alkanes of at least 4 members (excludes halogenated alkanes) is 12. The van der Waals surface area contributed by atoms with Crippen molar-refractivity contribution < 1.29 is 4.79 Å². The lowest BCUT2D eigenvalue weighted by Crippen LogP contribution is -1.83. The van der Waals surface area contributed by atoms with Crippen LogP contribution in [0.5, 0.6) is 0 Å². The van der Waals surface area contributed by atoms with Crippen molar-refractivity contribution >= 4 is 5.78 Å². The Labute approximate surface area is 120 Å². The molecule has 0 fully saturated rings. The highest BCUT2D eigenvalue weighted by molar-refractivity contribution is 5.87. The molecule has 0 aliphatic heterocycles. The second-order valence-corrected chi connectivity index (χ2v) is 5.69. The number of hydrogen-bond donors (Lipinski definition) is 0. The minimum absolute atomic E-state index is 0.166. The fraction of sp³-hybridized carbons (Fsp3) is 0.833. The number of allylic oxidation sites excluding steroid dienone is 2. The van der Waals surface area contributed by atoms with Gasteiger partial charge in [0.05, 0.1) is 0 Å². The maximum atomic E-state index is 10.7. The largest absolute Gasteiger partial charge is 0.295 e. The molecule has 112 valence electrons. The molecule has 0 aromatic carbocycles. The summed E-state index contributed by atoms with van der Waals surface area (Å²) in [7, 11) is 0. The fourth-order valence-corrected chi connectivity index (χ4v) is 2.35. The Balaban J connectivity index is 3.01. The third-order valence-electron chi connectivity index (χ3n) is 3.58. The quantitative estimate of drug-likeness (QED) is 0.269. The van der Waals surface area contributed by atoms with E-state index >= 15 is 0 Å². The monoisotopic (exact) mass is 266 g/mol. The van der Waals surface area contributed by atoms with E-state index in [2.05, 4.69) is 6.92 Å². The van der Waals surface area contributed by atoms with Gasteiger partial charge in [-0.15, -0.1) is 0 Å². The SMILES string of the molecule is CCCCCCCCCCCCCC/C=C/C(C)=O. The van der Waals surface area contributed by atoms with E-state index in [9.17, 15) is 4.79 Å². The van der Waals surface area contributed by atoms with Gasteiger partial charge in [-0.25, -0.2) is 0 Å². The van der Waals surface area contributed by atoms with E-state index in [1.54, 1.807) is 13.0 Å². The standard InChI is InChI=1S/C18H34O/c1-3-4-5-6-7-8-9-10-11-12-13-14-15-16-17-18(2)19/h16-17H,3-15H2,1-2H3/b17-16+. The summed E-state index contributed by atoms with van der Waals surface area (Å²) in [5.41, 5.74) is 0. The Hall–Kier alpha value is -0.590. The van der Waals surface area contributed by atoms with Crippen LogP contribution >= 0.6 is 0 Å². The number of hydrogen-bond acceptors (Lipinski definition) is 1. The summed E-state index contributed by atoms with van der Waals surface area (Å²) < 4.78 is 0. The molecule has 0 rings (SSSR count). The molecule has 19 heavy (non-hydrogen) atoms. The van der Waals surface area contributed by atoms with Crippen molar-refractivity contribution in [2.75, 3.05) is 0 Å². The van der Waals surface area contributed by atoms with Crippen molar-refractivity contribution in [3.63, 3.8) is 0 Å². The molecule has 0 atom stereocenters. The minimum atomic E-state index is 0.166. The van der Waals surface area contributed by atoms with Crippen LogP contribution in [0.1, 0.15) is 97.3 Å². The predicted molar refractivity (Wildman–Crippen MR) is 85.5 cm³/mol. The van der Waals surface area contributed by atoms with Crippen molar-refractivity contribution in [1.82, 2.24) is 0 Å². The Morgan fingerprint density at radius 1 is 0.737 bits per heavy atom. The van der Waals surface area contributed by atoms with Crippen LogP contribution in [0.4, 0.5) is 0 Å². The molecule has 0 saturated heterocycles. The minimum Gasteiger partial charge on any atom is -0.295 e. The lowest BCUT2D eigenvalue weighted by Gasteiger charge is -2.02. The van der Waals surface area contributed by atoms with Crippen molar-refractivity contribution in [3.05, 3.63) is 12.2 Å². The maximum Gasteiger partial charge on any atom is 0.152 e. The molecule has 0 saturated carbocycles. The first-order chi connectivity index (χ1) is 9.27. The van der Waals surface area contributed by atoms with Gasteiger partial charge < -0.3 is 0 Å². The predicted octanol–water partition coefficient (Wildman–Crippen LogP) is 6.22. The summed E-state index contributed by atoms with van der Waals surface area (Å²) in [6.07, 6.45) is 21.4. The van der Waals surface area contributed by atoms with Gasteiger partial charge >= 0.3 is 0 Å². The third-order valence-corrected chi connectivity index (χ3v) is 3.58. The van der Waals surface area contributed by atoms with Gasteiger partial charge in [0.1, 0.15) is 0 Å². The van der Waals surface area contributed by atoms with Crippen molar-refractivity contribution in [3.8, 4) is 0 Å². The number of carbonyl (C=O) groups excluding carboxylic acids is 1. The normalized spacial score (nSPS) is 11.3. The molecule has 0 heterocycles. The van der Waals surface area contributed by atoms with Crippen molar-refractivity contribution in [2.24, 2.45) is 0 Å². The lowest BCUT2D eigenvalue weighted by molar-refractivity contribution is -0.112. The Kier molecular flexibility index (Phi) is 15.0. The van der Waals surface area contributed by atoms with E-state index in [0.717, 1.165) is 6.42 Å². The molecule has 0 aromatic rings. The molecule has 0 amide bonds. The highest BCUT2D eigenvalue weighted by Gasteiger charge is 1.93. The van der Waals surface area contributed by atoms with E-state index in [1.165, 1.54) is 77.0 Å². The maximum absolute atomic E-state index is 10.7. The summed E-state index contributed by atoms with van der Waals surface area (Å²) in [6.45, 7) is 3.88. The van der Waals surface area contributed by atoms with Crippen LogP contribution in [0.15, 0.2) is 12.2 Å². The van der Waals surface area contributed by atoms with E-state index in [1.807, 2.05) is 6.08 Å². The van der Waals surface area contributed by atoms with Crippen molar-refractivity contribution in [2.45, 2.75) is 97.3 Å². The average Bonchev–Trinajstić information content (AvgIpc) is 2.39. The van der Waals surface area contributed by atoms with Crippen LogP contribution in [0.2, 0.25) is 0 Å². The smallest absolute Gasteiger partial charge is 0.152 e. The topological polar surface area (TPSA) is 17.1 Å². The summed E-state index contributed by atoms with van der Waals surface area (Å²) >= 11 is 0. The van der Waals surface area contributed by atoms with E-state index in [0.29, 0.717) is 0 Å². The zero-order valence-corrected chi connectivity index (χ0v) is 13.3. The highest BCUT2D eigenvalue weighted by atomic mass is 16.1. The number of rotatable bonds is 14. The molecule has 0 aliphatic carbocycles. The van der Waals surface area contributed by atoms with Gasteiger partial charge in [-0.2, -0.15) is 0 Å². The van der Waals surface area contributed by atoms with Crippen molar-refractivity contribution in [1.29, 1.82) is 0 Å². The van der Waals surface area contributed by atoms with Crippen LogP contribution in [0.3, 0.4) is 0 Å². The lowest BCUT2D eigenvalue weighted by atomic mass is 10.0. The second-order valence-electron chi connectivity index (χ2n) is 5.69. The average molecular weight is 266 g/mol. The number of ketones is 1. The third kappa shape index (κ3) is 17.4. The first-order valence-corrected chi connectivity index (χ1v) is 8.44. The van der Waals surface area contributed by atoms with Gasteiger partial charge in [-0.3, -0.25) is 4.79 Å². The number of carbonyl (C=O) groups is 1. The Morgan fingerprint density at radius 3 is 1.58 bits per heavy atom. The molecule has 1 heteroatoms. The molecule has 0 aromatic heterocycles. The van der Waals surface area contributed by atoms with E-state index < -0.39 is 0 Å². The Morgan fingerprint density at radius 2 is 1.16 bits per heavy atom. The second kappa shape index (κ2) is 15.5. The first kappa shape index (κ1) is 18.4. The van der Waals surface area contributed by atoms with Gasteiger partial charge in [0, 0.05) is 0 Å². The molecular weight excluding hydrogens is 232 g/mol. The van der Waals surface area contributed by atoms with Crippen LogP contribution in [-0.4, -0.2) is 5.78 Å². The Bertz CT molecular complexity index is 218. The zero-order valence-electron chi connectivity index (χ0n) is 13.3. The fourth-order valence-electron chi connectivity index (χ4n) is 2.35. The van der Waals surface area contributed by atoms with Gasteiger partial charge in [0.25, 0.3) is 0 Å². The van der Waals surface area contributed by atoms with Crippen LogP contribution < -0.4 is 0 Å². The van der Waals surface area contributed by atoms with Gasteiger partial charge in [0.2, 0.25) is 0 Å². The van der Waals surface area contributed by atoms with Gasteiger partial charge in [-0.1, -0.05) is 83.6 Å². The summed E-state index contributed by atoms with van der Waals surface area (Å²) in [5, 5.41) is 0. The molecule has 0 radical (unpaired) electrons. The highest BCUT2D eigenvalue weighted by Crippen LogP contribution is 2.12. The molecule has 0 bridgehead atoms. The summed E-state index contributed by atoms with van der Waals surface area (Å²) in [6, 6.07) is 0. The first-order valence-electron chi connectivity index (χ1n) is 8.44. The molecule has 0 spiro atoms.